The number of rotatable bonds is 5. The number of carbonyl (C=O) groups excluding carboxylic acids is 2. The van der Waals surface area contributed by atoms with E-state index >= 15 is 0 Å². The molecule has 0 aliphatic carbocycles. The van der Waals surface area contributed by atoms with Crippen LogP contribution in [0.15, 0.2) is 103 Å². The average molecular weight is 525 g/mol. The number of halogens is 2. The van der Waals surface area contributed by atoms with Gasteiger partial charge in [-0.3, -0.25) is 14.5 Å². The maximum absolute atomic E-state index is 14.7. The molecule has 0 aromatic heterocycles. The number of anilines is 1. The van der Waals surface area contributed by atoms with Gasteiger partial charge < -0.3 is 4.90 Å². The topological polar surface area (TPSA) is 40.6 Å². The van der Waals surface area contributed by atoms with Gasteiger partial charge in [0.15, 0.2) is 5.78 Å². The standard InChI is InChI=1S/C32H26ClFN2O2/c1-35-20-26(22-14-16-25(34)17-15-22)29(30(37)23-9-3-2-4-10-23)32(35)27-12-5-6-13-28(27)36(31(32)38)19-21-8-7-11-24(33)18-21/h2-18,26,29H,19-20H2,1H3/t26-,29+,32-/m1/s1. The van der Waals surface area contributed by atoms with E-state index in [9.17, 15) is 14.0 Å². The van der Waals surface area contributed by atoms with Gasteiger partial charge in [-0.1, -0.05) is 84.4 Å². The lowest BCUT2D eigenvalue weighted by Crippen LogP contribution is -2.53. The molecule has 0 N–H and O–H groups in total. The number of likely N-dealkylation sites (N-methyl/N-ethyl adjacent to an activating group) is 1. The summed E-state index contributed by atoms with van der Waals surface area (Å²) in [5, 5.41) is 0.601. The second-order valence-electron chi connectivity index (χ2n) is 10.1. The second-order valence-corrected chi connectivity index (χ2v) is 10.5. The Morgan fingerprint density at radius 1 is 0.947 bits per heavy atom. The molecule has 4 nitrogen and oxygen atoms in total. The third kappa shape index (κ3) is 3.77. The molecule has 4 aromatic carbocycles. The summed E-state index contributed by atoms with van der Waals surface area (Å²) in [5.74, 6) is -1.59. The first-order chi connectivity index (χ1) is 18.4. The summed E-state index contributed by atoms with van der Waals surface area (Å²) < 4.78 is 13.9. The molecule has 2 aliphatic rings. The van der Waals surface area contributed by atoms with E-state index in [0.29, 0.717) is 23.7 Å². The molecule has 190 valence electrons. The number of nitrogens with zero attached hydrogens (tertiary/aromatic N) is 2. The van der Waals surface area contributed by atoms with Crippen molar-refractivity contribution in [1.29, 1.82) is 0 Å². The van der Waals surface area contributed by atoms with Gasteiger partial charge in [-0.15, -0.1) is 0 Å². The summed E-state index contributed by atoms with van der Waals surface area (Å²) in [6.45, 7) is 0.805. The van der Waals surface area contributed by atoms with Crippen molar-refractivity contribution >= 4 is 29.0 Å². The molecule has 4 aromatic rings. The summed E-state index contributed by atoms with van der Waals surface area (Å²) in [6.07, 6.45) is 0. The smallest absolute Gasteiger partial charge is 0.253 e. The van der Waals surface area contributed by atoms with Crippen molar-refractivity contribution in [3.8, 4) is 0 Å². The first kappa shape index (κ1) is 24.5. The van der Waals surface area contributed by atoms with Gasteiger partial charge in [0.1, 0.15) is 11.4 Å². The molecule has 1 spiro atoms. The highest BCUT2D eigenvalue weighted by Gasteiger charge is 2.66. The first-order valence-corrected chi connectivity index (χ1v) is 13.0. The number of benzene rings is 4. The fourth-order valence-corrected chi connectivity index (χ4v) is 6.55. The van der Waals surface area contributed by atoms with Crippen LogP contribution < -0.4 is 4.90 Å². The molecule has 2 heterocycles. The lowest BCUT2D eigenvalue weighted by molar-refractivity contribution is -0.129. The van der Waals surface area contributed by atoms with Crippen LogP contribution in [0.25, 0.3) is 0 Å². The molecule has 0 saturated carbocycles. The molecule has 0 radical (unpaired) electrons. The highest BCUT2D eigenvalue weighted by Crippen LogP contribution is 2.57. The minimum absolute atomic E-state index is 0.1000. The zero-order valence-electron chi connectivity index (χ0n) is 20.9. The van der Waals surface area contributed by atoms with Crippen LogP contribution >= 0.6 is 11.6 Å². The maximum atomic E-state index is 14.7. The predicted octanol–water partition coefficient (Wildman–Crippen LogP) is 6.45. The van der Waals surface area contributed by atoms with Crippen molar-refractivity contribution in [2.75, 3.05) is 18.5 Å². The Kier molecular flexibility index (Phi) is 6.13. The van der Waals surface area contributed by atoms with E-state index in [1.807, 2.05) is 72.6 Å². The SMILES string of the molecule is CN1C[C@H](c2ccc(F)cc2)[C@@H](C(=O)c2ccccc2)[C@]12C(=O)N(Cc1cccc(Cl)c1)c1ccccc12. The lowest BCUT2D eigenvalue weighted by atomic mass is 9.70. The quantitative estimate of drug-likeness (QED) is 0.282. The van der Waals surface area contributed by atoms with Crippen LogP contribution in [0.1, 0.15) is 33.0 Å². The van der Waals surface area contributed by atoms with Crippen LogP contribution in [0.5, 0.6) is 0 Å². The molecule has 0 bridgehead atoms. The van der Waals surface area contributed by atoms with Gasteiger partial charge in [0.25, 0.3) is 5.91 Å². The van der Waals surface area contributed by atoms with E-state index in [2.05, 4.69) is 0 Å². The summed E-state index contributed by atoms with van der Waals surface area (Å²) in [4.78, 5) is 32.9. The normalized spacial score (nSPS) is 22.7. The van der Waals surface area contributed by atoms with Crippen molar-refractivity contribution < 1.29 is 14.0 Å². The average Bonchev–Trinajstić information content (AvgIpc) is 3.37. The molecule has 2 aliphatic heterocycles. The Bertz CT molecular complexity index is 1520. The number of ketones is 1. The van der Waals surface area contributed by atoms with Gasteiger partial charge in [0.05, 0.1) is 12.5 Å². The van der Waals surface area contributed by atoms with E-state index in [1.165, 1.54) is 12.1 Å². The first-order valence-electron chi connectivity index (χ1n) is 12.6. The number of fused-ring (bicyclic) bond motifs is 2. The number of likely N-dealkylation sites (tertiary alicyclic amines) is 1. The van der Waals surface area contributed by atoms with Crippen LogP contribution in [0.2, 0.25) is 5.02 Å². The maximum Gasteiger partial charge on any atom is 0.253 e. The van der Waals surface area contributed by atoms with E-state index in [-0.39, 0.29) is 23.4 Å². The highest BCUT2D eigenvalue weighted by atomic mass is 35.5. The number of carbonyl (C=O) groups is 2. The molecular formula is C32H26ClFN2O2. The minimum Gasteiger partial charge on any atom is -0.306 e. The van der Waals surface area contributed by atoms with E-state index in [0.717, 1.165) is 22.4 Å². The Labute approximate surface area is 226 Å². The number of para-hydroxylation sites is 1. The molecule has 1 amide bonds. The van der Waals surface area contributed by atoms with Gasteiger partial charge >= 0.3 is 0 Å². The summed E-state index contributed by atoms with van der Waals surface area (Å²) in [7, 11) is 1.91. The number of amides is 1. The molecule has 0 unspecified atom stereocenters. The number of hydrogen-bond acceptors (Lipinski definition) is 3. The molecule has 1 fully saturated rings. The lowest BCUT2D eigenvalue weighted by Gasteiger charge is -2.36. The molecule has 3 atom stereocenters. The third-order valence-corrected chi connectivity index (χ3v) is 8.21. The largest absolute Gasteiger partial charge is 0.306 e. The number of Topliss-reactive ketones (excluding diaryl/α,β-unsaturated/α-hetero) is 1. The van der Waals surface area contributed by atoms with Crippen molar-refractivity contribution in [1.82, 2.24) is 4.90 Å². The summed E-state index contributed by atoms with van der Waals surface area (Å²) >= 11 is 6.26. The summed E-state index contributed by atoms with van der Waals surface area (Å²) in [6, 6.07) is 30.6. The van der Waals surface area contributed by atoms with E-state index in [1.54, 1.807) is 35.2 Å². The van der Waals surface area contributed by atoms with Crippen LogP contribution in [-0.2, 0) is 16.9 Å². The fraction of sp³-hybridized carbons (Fsp3) is 0.188. The van der Waals surface area contributed by atoms with Crippen molar-refractivity contribution in [3.63, 3.8) is 0 Å². The van der Waals surface area contributed by atoms with Crippen LogP contribution in [0.3, 0.4) is 0 Å². The van der Waals surface area contributed by atoms with Crippen LogP contribution in [-0.4, -0.2) is 30.2 Å². The van der Waals surface area contributed by atoms with Crippen LogP contribution in [0.4, 0.5) is 10.1 Å². The molecule has 6 heteroatoms. The molecule has 1 saturated heterocycles. The monoisotopic (exact) mass is 524 g/mol. The zero-order chi connectivity index (χ0) is 26.4. The fourth-order valence-electron chi connectivity index (χ4n) is 6.34. The van der Waals surface area contributed by atoms with Gasteiger partial charge in [-0.05, 0) is 48.5 Å². The van der Waals surface area contributed by atoms with Crippen molar-refractivity contribution in [2.45, 2.75) is 18.0 Å². The van der Waals surface area contributed by atoms with E-state index in [4.69, 9.17) is 11.6 Å². The Morgan fingerprint density at radius 2 is 1.66 bits per heavy atom. The Hall–Kier alpha value is -3.80. The number of hydrogen-bond donors (Lipinski definition) is 0. The van der Waals surface area contributed by atoms with Crippen molar-refractivity contribution in [2.24, 2.45) is 5.92 Å². The van der Waals surface area contributed by atoms with Gasteiger partial charge in [-0.25, -0.2) is 4.39 Å². The van der Waals surface area contributed by atoms with Gasteiger partial charge in [0, 0.05) is 34.3 Å². The Morgan fingerprint density at radius 3 is 2.39 bits per heavy atom. The molecule has 38 heavy (non-hydrogen) atoms. The predicted molar refractivity (Wildman–Crippen MR) is 147 cm³/mol. The highest BCUT2D eigenvalue weighted by molar-refractivity contribution is 6.30. The molecule has 6 rings (SSSR count). The van der Waals surface area contributed by atoms with E-state index < -0.39 is 11.5 Å². The molecular weight excluding hydrogens is 499 g/mol. The van der Waals surface area contributed by atoms with Gasteiger partial charge in [-0.2, -0.15) is 0 Å². The van der Waals surface area contributed by atoms with Crippen molar-refractivity contribution in [3.05, 3.63) is 136 Å². The minimum atomic E-state index is -1.21. The Balaban J connectivity index is 1.54. The zero-order valence-corrected chi connectivity index (χ0v) is 21.6. The third-order valence-electron chi connectivity index (χ3n) is 7.97. The second kappa shape index (κ2) is 9.50. The summed E-state index contributed by atoms with van der Waals surface area (Å²) in [5.41, 5.74) is 2.69. The van der Waals surface area contributed by atoms with Crippen LogP contribution in [0, 0.1) is 11.7 Å². The van der Waals surface area contributed by atoms with Gasteiger partial charge in [0.2, 0.25) is 0 Å².